The Morgan fingerprint density at radius 3 is 2.79 bits per heavy atom. The smallest absolute Gasteiger partial charge is 0.434 e. The van der Waals surface area contributed by atoms with E-state index >= 15 is 0 Å². The van der Waals surface area contributed by atoms with Crippen molar-refractivity contribution in [1.29, 1.82) is 0 Å². The number of aliphatic imine (C=N–C) groups is 1. The zero-order chi connectivity index (χ0) is 20.4. The minimum absolute atomic E-state index is 0.0165. The molecule has 2 aromatic rings. The Balaban J connectivity index is 1.60. The van der Waals surface area contributed by atoms with Gasteiger partial charge in [0.2, 0.25) is 0 Å². The molecule has 0 aliphatic carbocycles. The van der Waals surface area contributed by atoms with Gasteiger partial charge in [0.05, 0.1) is 11.0 Å². The molecule has 1 atom stereocenters. The number of nitrogens with one attached hydrogen (secondary N) is 2. The van der Waals surface area contributed by atoms with Crippen LogP contribution in [-0.2, 0) is 12.6 Å². The number of halogens is 3. The monoisotopic (exact) mass is 412 g/mol. The average Bonchev–Trinajstić information content (AvgIpc) is 3.09. The molecule has 0 saturated heterocycles. The first kappa shape index (κ1) is 20.4. The topological polar surface area (TPSA) is 58.5 Å². The second-order valence-electron chi connectivity index (χ2n) is 7.17. The molecule has 0 saturated carbocycles. The largest absolute Gasteiger partial charge is 0.487 e. The van der Waals surface area contributed by atoms with Crippen molar-refractivity contribution in [2.24, 2.45) is 4.99 Å². The summed E-state index contributed by atoms with van der Waals surface area (Å²) in [6, 6.07) is 7.88. The van der Waals surface area contributed by atoms with Crippen LogP contribution in [0.4, 0.5) is 13.2 Å². The lowest BCUT2D eigenvalue weighted by molar-refractivity contribution is -0.140. The fourth-order valence-electron chi connectivity index (χ4n) is 3.13. The van der Waals surface area contributed by atoms with Gasteiger partial charge in [0.15, 0.2) is 11.7 Å². The van der Waals surface area contributed by atoms with Crippen molar-refractivity contribution in [3.63, 3.8) is 0 Å². The van der Waals surface area contributed by atoms with Crippen molar-refractivity contribution in [2.75, 3.05) is 13.6 Å². The highest BCUT2D eigenvalue weighted by Crippen LogP contribution is 2.39. The van der Waals surface area contributed by atoms with Crippen LogP contribution < -0.4 is 15.4 Å². The van der Waals surface area contributed by atoms with Crippen molar-refractivity contribution in [2.45, 2.75) is 44.5 Å². The Morgan fingerprint density at radius 2 is 2.11 bits per heavy atom. The number of rotatable bonds is 4. The van der Waals surface area contributed by atoms with Crippen LogP contribution in [0.5, 0.6) is 5.75 Å². The van der Waals surface area contributed by atoms with Gasteiger partial charge in [0.1, 0.15) is 11.4 Å². The first-order chi connectivity index (χ1) is 13.2. The van der Waals surface area contributed by atoms with Gasteiger partial charge in [-0.25, -0.2) is 4.98 Å². The van der Waals surface area contributed by atoms with Crippen LogP contribution in [0.2, 0.25) is 0 Å². The summed E-state index contributed by atoms with van der Waals surface area (Å²) < 4.78 is 44.0. The number of ether oxygens (including phenoxy) is 1. The third-order valence-electron chi connectivity index (χ3n) is 4.38. The number of thiazole rings is 1. The van der Waals surface area contributed by atoms with Crippen molar-refractivity contribution in [1.82, 2.24) is 15.6 Å². The van der Waals surface area contributed by atoms with Crippen LogP contribution in [0.25, 0.3) is 0 Å². The fourth-order valence-corrected chi connectivity index (χ4v) is 3.94. The molecule has 0 fully saturated rings. The van der Waals surface area contributed by atoms with Crippen LogP contribution in [0, 0.1) is 0 Å². The summed E-state index contributed by atoms with van der Waals surface area (Å²) in [5.41, 5.74) is -0.102. The summed E-state index contributed by atoms with van der Waals surface area (Å²) in [4.78, 5) is 7.88. The number of guanidine groups is 1. The third-order valence-corrected chi connectivity index (χ3v) is 5.29. The van der Waals surface area contributed by atoms with Crippen LogP contribution in [0.15, 0.2) is 34.6 Å². The summed E-state index contributed by atoms with van der Waals surface area (Å²) in [7, 11) is 1.66. The highest BCUT2D eigenvalue weighted by atomic mass is 32.1. The SMILES string of the molecule is CN=C(NCCc1nc(C(F)(F)F)cs1)NC1CC(C)(C)Oc2ccccc21. The number of benzene rings is 1. The van der Waals surface area contributed by atoms with Gasteiger partial charge in [0, 0.05) is 37.4 Å². The van der Waals surface area contributed by atoms with Crippen LogP contribution in [0.1, 0.15) is 42.6 Å². The van der Waals surface area contributed by atoms with Crippen molar-refractivity contribution in [3.05, 3.63) is 45.9 Å². The lowest BCUT2D eigenvalue weighted by atomic mass is 9.90. The van der Waals surface area contributed by atoms with Gasteiger partial charge >= 0.3 is 6.18 Å². The lowest BCUT2D eigenvalue weighted by Crippen LogP contribution is -2.45. The summed E-state index contributed by atoms with van der Waals surface area (Å²) in [6.07, 6.45) is -3.26. The van der Waals surface area contributed by atoms with E-state index in [1.165, 1.54) is 0 Å². The molecule has 3 rings (SSSR count). The van der Waals surface area contributed by atoms with E-state index in [1.54, 1.807) is 7.05 Å². The van der Waals surface area contributed by atoms with E-state index in [0.717, 1.165) is 34.5 Å². The van der Waals surface area contributed by atoms with Crippen LogP contribution in [-0.4, -0.2) is 30.1 Å². The van der Waals surface area contributed by atoms with Gasteiger partial charge < -0.3 is 15.4 Å². The predicted molar refractivity (Wildman–Crippen MR) is 104 cm³/mol. The van der Waals surface area contributed by atoms with Gasteiger partial charge in [-0.1, -0.05) is 18.2 Å². The highest BCUT2D eigenvalue weighted by molar-refractivity contribution is 7.09. The number of hydrogen-bond acceptors (Lipinski definition) is 4. The number of nitrogens with zero attached hydrogens (tertiary/aromatic N) is 2. The lowest BCUT2D eigenvalue weighted by Gasteiger charge is -2.38. The number of aromatic nitrogens is 1. The Labute approximate surface area is 166 Å². The van der Waals surface area contributed by atoms with E-state index in [-0.39, 0.29) is 11.6 Å². The molecule has 1 aliphatic rings. The Hall–Kier alpha value is -2.29. The van der Waals surface area contributed by atoms with E-state index in [2.05, 4.69) is 20.6 Å². The maximum atomic E-state index is 12.6. The molecule has 152 valence electrons. The number of para-hydroxylation sites is 1. The predicted octanol–water partition coefficient (Wildman–Crippen LogP) is 4.17. The summed E-state index contributed by atoms with van der Waals surface area (Å²) >= 11 is 1.01. The van der Waals surface area contributed by atoms with Crippen LogP contribution in [0.3, 0.4) is 0 Å². The number of hydrogen-bond donors (Lipinski definition) is 2. The molecule has 9 heteroatoms. The van der Waals surface area contributed by atoms with E-state index < -0.39 is 11.9 Å². The van der Waals surface area contributed by atoms with Crippen molar-refractivity contribution < 1.29 is 17.9 Å². The molecule has 28 heavy (non-hydrogen) atoms. The quantitative estimate of drug-likeness (QED) is 0.585. The van der Waals surface area contributed by atoms with Crippen molar-refractivity contribution >= 4 is 17.3 Å². The first-order valence-corrected chi connectivity index (χ1v) is 9.82. The molecule has 1 aromatic heterocycles. The molecule has 0 amide bonds. The normalized spacial score (nSPS) is 18.9. The molecule has 2 heterocycles. The molecule has 1 unspecified atom stereocenters. The van der Waals surface area contributed by atoms with Gasteiger partial charge in [-0.15, -0.1) is 11.3 Å². The Kier molecular flexibility index (Phi) is 5.83. The van der Waals surface area contributed by atoms with Gasteiger partial charge in [-0.3, -0.25) is 4.99 Å². The van der Waals surface area contributed by atoms with E-state index in [4.69, 9.17) is 4.74 Å². The molecular weight excluding hydrogens is 389 g/mol. The van der Waals surface area contributed by atoms with E-state index in [1.807, 2.05) is 38.1 Å². The standard InChI is InChI=1S/C19H23F3N4OS/c1-18(2)10-13(12-6-4-5-7-14(12)27-18)25-17(23-3)24-9-8-16-26-15(11-28-16)19(20,21)22/h4-7,11,13H,8-10H2,1-3H3,(H2,23,24,25). The Bertz CT molecular complexity index is 848. The zero-order valence-corrected chi connectivity index (χ0v) is 16.7. The van der Waals surface area contributed by atoms with Crippen LogP contribution >= 0.6 is 11.3 Å². The first-order valence-electron chi connectivity index (χ1n) is 8.95. The number of fused-ring (bicyclic) bond motifs is 1. The average molecular weight is 412 g/mol. The summed E-state index contributed by atoms with van der Waals surface area (Å²) in [5, 5.41) is 8.03. The Morgan fingerprint density at radius 1 is 1.36 bits per heavy atom. The highest BCUT2D eigenvalue weighted by Gasteiger charge is 2.34. The molecular formula is C19H23F3N4OS. The summed E-state index contributed by atoms with van der Waals surface area (Å²) in [5.74, 6) is 1.43. The fraction of sp³-hybridized carbons (Fsp3) is 0.474. The minimum atomic E-state index is -4.40. The second-order valence-corrected chi connectivity index (χ2v) is 8.12. The third kappa shape index (κ3) is 4.95. The molecule has 0 bridgehead atoms. The van der Waals surface area contributed by atoms with Gasteiger partial charge in [-0.05, 0) is 19.9 Å². The minimum Gasteiger partial charge on any atom is -0.487 e. The molecule has 0 radical (unpaired) electrons. The molecule has 1 aromatic carbocycles. The van der Waals surface area contributed by atoms with E-state index in [0.29, 0.717) is 23.9 Å². The maximum absolute atomic E-state index is 12.6. The molecule has 0 spiro atoms. The molecule has 5 nitrogen and oxygen atoms in total. The number of alkyl halides is 3. The molecule has 1 aliphatic heterocycles. The second kappa shape index (κ2) is 7.98. The van der Waals surface area contributed by atoms with Crippen molar-refractivity contribution in [3.8, 4) is 5.75 Å². The maximum Gasteiger partial charge on any atom is 0.434 e. The zero-order valence-electron chi connectivity index (χ0n) is 15.9. The molecule has 2 N–H and O–H groups in total. The van der Waals surface area contributed by atoms with Gasteiger partial charge in [-0.2, -0.15) is 13.2 Å². The van der Waals surface area contributed by atoms with Gasteiger partial charge in [0.25, 0.3) is 0 Å². The summed E-state index contributed by atoms with van der Waals surface area (Å²) in [6.45, 7) is 4.50. The van der Waals surface area contributed by atoms with E-state index in [9.17, 15) is 13.2 Å².